The predicted octanol–water partition coefficient (Wildman–Crippen LogP) is 3.19. The quantitative estimate of drug-likeness (QED) is 0.668. The number of amides is 1. The molecule has 162 valence electrons. The van der Waals surface area contributed by atoms with Gasteiger partial charge in [-0.1, -0.05) is 50.2 Å². The van der Waals surface area contributed by atoms with Crippen molar-refractivity contribution in [3.05, 3.63) is 76.1 Å². The molecule has 1 amide bonds. The molecule has 6 heteroatoms. The lowest BCUT2D eigenvalue weighted by Gasteiger charge is -2.35. The van der Waals surface area contributed by atoms with Gasteiger partial charge >= 0.3 is 0 Å². The molecule has 0 spiro atoms. The van der Waals surface area contributed by atoms with Gasteiger partial charge in [-0.3, -0.25) is 19.2 Å². The molecular weight excluding hydrogens is 388 g/mol. The Labute approximate surface area is 182 Å². The van der Waals surface area contributed by atoms with Crippen LogP contribution >= 0.6 is 0 Å². The molecule has 1 aromatic heterocycles. The number of nitrogens with one attached hydrogen (secondary N) is 1. The summed E-state index contributed by atoms with van der Waals surface area (Å²) in [5, 5.41) is 7.64. The van der Waals surface area contributed by atoms with Crippen molar-refractivity contribution in [2.24, 2.45) is 11.8 Å². The first-order valence-corrected chi connectivity index (χ1v) is 11.0. The maximum absolute atomic E-state index is 12.4. The summed E-state index contributed by atoms with van der Waals surface area (Å²) < 4.78 is 1.57. The first kappa shape index (κ1) is 21.2. The van der Waals surface area contributed by atoms with E-state index in [4.69, 9.17) is 0 Å². The molecule has 2 atom stereocenters. The van der Waals surface area contributed by atoms with Gasteiger partial charge < -0.3 is 5.32 Å². The Morgan fingerprint density at radius 2 is 1.71 bits per heavy atom. The molecular formula is C25H30N4O2. The molecule has 3 aromatic rings. The fraction of sp³-hybridized carbons (Fsp3) is 0.400. The number of nitrogens with zero attached hydrogens (tertiary/aromatic N) is 3. The number of carbonyl (C=O) groups excluding carboxylic acids is 1. The second-order valence-electron chi connectivity index (χ2n) is 8.92. The molecule has 6 nitrogen and oxygen atoms in total. The average molecular weight is 419 g/mol. The summed E-state index contributed by atoms with van der Waals surface area (Å²) in [6.45, 7) is 8.51. The Hall–Kier alpha value is -2.99. The molecule has 1 N–H and O–H groups in total. The second-order valence-corrected chi connectivity index (χ2v) is 8.92. The Morgan fingerprint density at radius 3 is 2.45 bits per heavy atom. The van der Waals surface area contributed by atoms with Crippen LogP contribution < -0.4 is 10.7 Å². The Balaban J connectivity index is 1.32. The number of fused-ring (bicyclic) bond motifs is 1. The van der Waals surface area contributed by atoms with Gasteiger partial charge in [0.25, 0.3) is 0 Å². The highest BCUT2D eigenvalue weighted by Gasteiger charge is 2.21. The van der Waals surface area contributed by atoms with Crippen molar-refractivity contribution in [3.8, 4) is 0 Å². The number of likely N-dealkylation sites (tertiary alicyclic amines) is 1. The van der Waals surface area contributed by atoms with E-state index < -0.39 is 0 Å². The molecule has 0 bridgehead atoms. The van der Waals surface area contributed by atoms with Crippen LogP contribution in [-0.4, -0.2) is 33.7 Å². The predicted molar refractivity (Wildman–Crippen MR) is 123 cm³/mol. The first-order chi connectivity index (χ1) is 15.0. The summed E-state index contributed by atoms with van der Waals surface area (Å²) in [6, 6.07) is 15.7. The van der Waals surface area contributed by atoms with Crippen molar-refractivity contribution in [3.63, 3.8) is 0 Å². The van der Waals surface area contributed by atoms with Gasteiger partial charge in [0.05, 0.1) is 11.7 Å². The summed E-state index contributed by atoms with van der Waals surface area (Å²) in [5.74, 6) is 1.38. The van der Waals surface area contributed by atoms with Gasteiger partial charge in [0.15, 0.2) is 0 Å². The number of hydrogen-bond acceptors (Lipinski definition) is 4. The van der Waals surface area contributed by atoms with E-state index in [-0.39, 0.29) is 17.9 Å². The van der Waals surface area contributed by atoms with E-state index in [9.17, 15) is 9.59 Å². The molecule has 1 saturated heterocycles. The van der Waals surface area contributed by atoms with E-state index in [0.29, 0.717) is 17.4 Å². The summed E-state index contributed by atoms with van der Waals surface area (Å²) in [4.78, 5) is 26.9. The third kappa shape index (κ3) is 5.39. The smallest absolute Gasteiger partial charge is 0.242 e. The number of benzene rings is 2. The number of carbonyl (C=O) groups is 1. The van der Waals surface area contributed by atoms with Crippen LogP contribution in [0.15, 0.2) is 59.5 Å². The highest BCUT2D eigenvalue weighted by molar-refractivity contribution is 5.81. The van der Waals surface area contributed by atoms with Gasteiger partial charge in [0, 0.05) is 31.6 Å². The summed E-state index contributed by atoms with van der Waals surface area (Å²) in [6.07, 6.45) is 2.58. The third-order valence-corrected chi connectivity index (χ3v) is 5.92. The van der Waals surface area contributed by atoms with Crippen LogP contribution in [0.5, 0.6) is 0 Å². The molecule has 2 aromatic carbocycles. The maximum Gasteiger partial charge on any atom is 0.242 e. The minimum absolute atomic E-state index is 0.0736. The molecule has 0 aliphatic carbocycles. The van der Waals surface area contributed by atoms with Crippen LogP contribution in [0.3, 0.4) is 0 Å². The number of aromatic nitrogens is 2. The molecule has 1 aliphatic heterocycles. The average Bonchev–Trinajstić information content (AvgIpc) is 2.75. The van der Waals surface area contributed by atoms with E-state index in [1.807, 2.05) is 12.1 Å². The summed E-state index contributed by atoms with van der Waals surface area (Å²) in [5.41, 5.74) is 2.90. The molecule has 31 heavy (non-hydrogen) atoms. The third-order valence-electron chi connectivity index (χ3n) is 5.92. The highest BCUT2D eigenvalue weighted by atomic mass is 16.2. The molecule has 2 heterocycles. The molecule has 0 radical (unpaired) electrons. The zero-order valence-corrected chi connectivity index (χ0v) is 18.3. The van der Waals surface area contributed by atoms with E-state index in [1.165, 1.54) is 18.2 Å². The monoisotopic (exact) mass is 418 g/mol. The first-order valence-electron chi connectivity index (χ1n) is 11.0. The summed E-state index contributed by atoms with van der Waals surface area (Å²) >= 11 is 0. The molecule has 4 rings (SSSR count). The number of piperidine rings is 1. The fourth-order valence-corrected chi connectivity index (χ4v) is 4.62. The summed E-state index contributed by atoms with van der Waals surface area (Å²) in [7, 11) is 0. The molecule has 0 saturated carbocycles. The van der Waals surface area contributed by atoms with Crippen molar-refractivity contribution in [1.82, 2.24) is 20.0 Å². The fourth-order valence-electron chi connectivity index (χ4n) is 4.62. The second kappa shape index (κ2) is 9.43. The van der Waals surface area contributed by atoms with E-state index in [1.54, 1.807) is 16.8 Å². The number of hydrogen-bond donors (Lipinski definition) is 1. The Morgan fingerprint density at radius 1 is 1.03 bits per heavy atom. The minimum Gasteiger partial charge on any atom is -0.350 e. The normalized spacial score (nSPS) is 19.4. The van der Waals surface area contributed by atoms with Crippen LogP contribution in [0.4, 0.5) is 0 Å². The molecule has 1 fully saturated rings. The van der Waals surface area contributed by atoms with Crippen molar-refractivity contribution < 1.29 is 4.79 Å². The van der Waals surface area contributed by atoms with Gasteiger partial charge in [0.2, 0.25) is 11.3 Å². The minimum atomic E-state index is -0.138. The van der Waals surface area contributed by atoms with Crippen LogP contribution in [0.1, 0.15) is 31.4 Å². The van der Waals surface area contributed by atoms with Crippen molar-refractivity contribution in [2.45, 2.75) is 39.9 Å². The van der Waals surface area contributed by atoms with Gasteiger partial charge in [-0.25, -0.2) is 0 Å². The van der Waals surface area contributed by atoms with Crippen LogP contribution in [-0.2, 0) is 24.4 Å². The van der Waals surface area contributed by atoms with Crippen LogP contribution in [0, 0.1) is 11.8 Å². The van der Waals surface area contributed by atoms with E-state index in [0.717, 1.165) is 37.0 Å². The van der Waals surface area contributed by atoms with Crippen LogP contribution in [0.2, 0.25) is 0 Å². The SMILES string of the molecule is CC1CC(C)CN(Cc2ccc(CNC(=O)Cn3ncc(=O)c4ccccc43)cc2)C1. The van der Waals surface area contributed by atoms with Crippen molar-refractivity contribution >= 4 is 16.8 Å². The highest BCUT2D eigenvalue weighted by Crippen LogP contribution is 2.22. The molecule has 2 unspecified atom stereocenters. The zero-order chi connectivity index (χ0) is 21.8. The van der Waals surface area contributed by atoms with Crippen molar-refractivity contribution in [2.75, 3.05) is 13.1 Å². The standard InChI is InChI=1S/C25H30N4O2/c1-18-11-19(2)15-28(14-18)16-21-9-7-20(8-10-21)12-26-25(31)17-29-23-6-4-3-5-22(23)24(30)13-27-29/h3-10,13,18-19H,11-12,14-17H2,1-2H3,(H,26,31). The lowest BCUT2D eigenvalue weighted by Crippen LogP contribution is -2.38. The van der Waals surface area contributed by atoms with Crippen molar-refractivity contribution in [1.29, 1.82) is 0 Å². The lowest BCUT2D eigenvalue weighted by molar-refractivity contribution is -0.121. The van der Waals surface area contributed by atoms with Gasteiger partial charge in [0.1, 0.15) is 6.54 Å². The zero-order valence-electron chi connectivity index (χ0n) is 18.3. The largest absolute Gasteiger partial charge is 0.350 e. The lowest BCUT2D eigenvalue weighted by atomic mass is 9.91. The Kier molecular flexibility index (Phi) is 6.47. The maximum atomic E-state index is 12.4. The number of para-hydroxylation sites is 1. The van der Waals surface area contributed by atoms with Gasteiger partial charge in [-0.2, -0.15) is 5.10 Å². The van der Waals surface area contributed by atoms with Gasteiger partial charge in [-0.05, 0) is 41.5 Å². The van der Waals surface area contributed by atoms with Gasteiger partial charge in [-0.15, -0.1) is 0 Å². The van der Waals surface area contributed by atoms with Crippen LogP contribution in [0.25, 0.3) is 10.9 Å². The topological polar surface area (TPSA) is 67.2 Å². The molecule has 1 aliphatic rings. The Bertz CT molecular complexity index is 1100. The number of rotatable bonds is 6. The van der Waals surface area contributed by atoms with E-state index in [2.05, 4.69) is 53.4 Å². The van der Waals surface area contributed by atoms with E-state index >= 15 is 0 Å².